The zero-order valence-electron chi connectivity index (χ0n) is 11.4. The van der Waals surface area contributed by atoms with Gasteiger partial charge in [-0.15, -0.1) is 0 Å². The normalized spacial score (nSPS) is 10.4. The molecule has 1 aromatic carbocycles. The third-order valence-electron chi connectivity index (χ3n) is 3.30. The minimum absolute atomic E-state index is 0.949. The highest BCUT2D eigenvalue weighted by Gasteiger charge is 2.08. The Hall–Kier alpha value is -2.48. The molecule has 3 rings (SSSR count). The third-order valence-corrected chi connectivity index (χ3v) is 3.30. The van der Waals surface area contributed by atoms with Crippen LogP contribution in [0.4, 0.5) is 0 Å². The number of nitrogens with zero attached hydrogens (tertiary/aromatic N) is 2. The molecule has 0 atom stereocenters. The Morgan fingerprint density at radius 3 is 2.50 bits per heavy atom. The highest BCUT2D eigenvalue weighted by atomic mass is 14.7. The van der Waals surface area contributed by atoms with Gasteiger partial charge in [0.25, 0.3) is 0 Å². The lowest BCUT2D eigenvalue weighted by Gasteiger charge is -2.08. The molecule has 0 aliphatic carbocycles. The first kappa shape index (κ1) is 12.5. The molecule has 0 N–H and O–H groups in total. The predicted octanol–water partition coefficient (Wildman–Crippen LogP) is 4.17. The van der Waals surface area contributed by atoms with Gasteiger partial charge in [0.15, 0.2) is 0 Å². The van der Waals surface area contributed by atoms with Crippen molar-refractivity contribution in [2.75, 3.05) is 0 Å². The van der Waals surface area contributed by atoms with Gasteiger partial charge >= 0.3 is 0 Å². The maximum Gasteiger partial charge on any atom is 0.0781 e. The molecule has 3 aromatic rings. The molecule has 0 saturated heterocycles. The van der Waals surface area contributed by atoms with Crippen molar-refractivity contribution < 1.29 is 0 Å². The summed E-state index contributed by atoms with van der Waals surface area (Å²) < 4.78 is 0. The smallest absolute Gasteiger partial charge is 0.0781 e. The van der Waals surface area contributed by atoms with E-state index in [2.05, 4.69) is 47.2 Å². The van der Waals surface area contributed by atoms with Crippen LogP contribution in [0.15, 0.2) is 60.9 Å². The van der Waals surface area contributed by atoms with Gasteiger partial charge < -0.3 is 0 Å². The molecule has 0 saturated carbocycles. The fourth-order valence-electron chi connectivity index (χ4n) is 2.20. The summed E-state index contributed by atoms with van der Waals surface area (Å²) in [6, 6.07) is 19.4. The van der Waals surface area contributed by atoms with Gasteiger partial charge in [-0.1, -0.05) is 43.3 Å². The number of hydrogen-bond donors (Lipinski definition) is 0. The molecule has 0 aliphatic heterocycles. The van der Waals surface area contributed by atoms with E-state index in [1.54, 1.807) is 6.20 Å². The Morgan fingerprint density at radius 1 is 0.950 bits per heavy atom. The van der Waals surface area contributed by atoms with E-state index in [0.29, 0.717) is 0 Å². The Morgan fingerprint density at radius 2 is 1.80 bits per heavy atom. The second-order valence-electron chi connectivity index (χ2n) is 4.59. The van der Waals surface area contributed by atoms with Gasteiger partial charge in [-0.05, 0) is 18.6 Å². The van der Waals surface area contributed by atoms with Gasteiger partial charge in [0.2, 0.25) is 0 Å². The van der Waals surface area contributed by atoms with Crippen LogP contribution in [-0.2, 0) is 6.42 Å². The predicted molar refractivity (Wildman–Crippen MR) is 81.1 cm³/mol. The molecule has 0 spiro atoms. The quantitative estimate of drug-likeness (QED) is 0.705. The van der Waals surface area contributed by atoms with Crippen molar-refractivity contribution in [1.29, 1.82) is 0 Å². The largest absolute Gasteiger partial charge is 0.261 e. The van der Waals surface area contributed by atoms with Crippen molar-refractivity contribution >= 4 is 0 Å². The second-order valence-corrected chi connectivity index (χ2v) is 4.59. The zero-order valence-corrected chi connectivity index (χ0v) is 11.4. The maximum atomic E-state index is 4.48. The van der Waals surface area contributed by atoms with Crippen LogP contribution in [0.1, 0.15) is 12.6 Å². The summed E-state index contributed by atoms with van der Waals surface area (Å²) in [5.41, 5.74) is 5.31. The molecule has 2 heteroatoms. The minimum atomic E-state index is 0.949. The van der Waals surface area contributed by atoms with E-state index in [-0.39, 0.29) is 0 Å². The molecule has 0 bridgehead atoms. The fraction of sp³-hybridized carbons (Fsp3) is 0.111. The molecule has 2 heterocycles. The summed E-state index contributed by atoms with van der Waals surface area (Å²) >= 11 is 0. The molecule has 20 heavy (non-hydrogen) atoms. The van der Waals surface area contributed by atoms with Crippen LogP contribution in [0, 0.1) is 6.07 Å². The summed E-state index contributed by atoms with van der Waals surface area (Å²) in [6.45, 7) is 2.11. The SMILES string of the molecule is CCc1ccc(-c2c[c]cnc2-c2ccccc2)cn1. The molecule has 0 fully saturated rings. The summed E-state index contributed by atoms with van der Waals surface area (Å²) in [5, 5.41) is 0. The summed E-state index contributed by atoms with van der Waals surface area (Å²) in [6.07, 6.45) is 4.57. The maximum absolute atomic E-state index is 4.48. The summed E-state index contributed by atoms with van der Waals surface area (Å²) in [7, 11) is 0. The summed E-state index contributed by atoms with van der Waals surface area (Å²) in [5.74, 6) is 0. The number of rotatable bonds is 3. The van der Waals surface area contributed by atoms with E-state index < -0.39 is 0 Å². The fourth-order valence-corrected chi connectivity index (χ4v) is 2.20. The van der Waals surface area contributed by atoms with E-state index >= 15 is 0 Å². The Labute approximate surface area is 119 Å². The van der Waals surface area contributed by atoms with Crippen molar-refractivity contribution in [2.45, 2.75) is 13.3 Å². The minimum Gasteiger partial charge on any atom is -0.261 e. The molecule has 2 aromatic heterocycles. The lowest BCUT2D eigenvalue weighted by atomic mass is 10.0. The molecular formula is C18H15N2. The van der Waals surface area contributed by atoms with Gasteiger partial charge in [0, 0.05) is 40.8 Å². The van der Waals surface area contributed by atoms with E-state index in [4.69, 9.17) is 0 Å². The van der Waals surface area contributed by atoms with E-state index in [1.807, 2.05) is 30.5 Å². The van der Waals surface area contributed by atoms with Gasteiger partial charge in [0.05, 0.1) is 5.69 Å². The molecule has 97 valence electrons. The Kier molecular flexibility index (Phi) is 3.55. The van der Waals surface area contributed by atoms with E-state index in [1.165, 1.54) is 0 Å². The van der Waals surface area contributed by atoms with Crippen LogP contribution in [0.5, 0.6) is 0 Å². The lowest BCUT2D eigenvalue weighted by Crippen LogP contribution is -1.91. The van der Waals surface area contributed by atoms with Crippen LogP contribution in [0.25, 0.3) is 22.4 Å². The van der Waals surface area contributed by atoms with Gasteiger partial charge in [-0.2, -0.15) is 0 Å². The average molecular weight is 259 g/mol. The van der Waals surface area contributed by atoms with E-state index in [9.17, 15) is 0 Å². The highest BCUT2D eigenvalue weighted by Crippen LogP contribution is 2.29. The van der Waals surface area contributed by atoms with Gasteiger partial charge in [-0.25, -0.2) is 0 Å². The number of pyridine rings is 2. The topological polar surface area (TPSA) is 25.8 Å². The number of benzene rings is 1. The molecule has 0 aliphatic rings. The first-order valence-corrected chi connectivity index (χ1v) is 6.75. The van der Waals surface area contributed by atoms with Crippen molar-refractivity contribution in [3.8, 4) is 22.4 Å². The zero-order chi connectivity index (χ0) is 13.8. The van der Waals surface area contributed by atoms with Crippen LogP contribution in [-0.4, -0.2) is 9.97 Å². The van der Waals surface area contributed by atoms with Gasteiger partial charge in [-0.3, -0.25) is 9.97 Å². The number of hydrogen-bond acceptors (Lipinski definition) is 2. The van der Waals surface area contributed by atoms with Crippen molar-refractivity contribution in [1.82, 2.24) is 9.97 Å². The van der Waals surface area contributed by atoms with Crippen molar-refractivity contribution in [3.63, 3.8) is 0 Å². The molecule has 0 amide bonds. The average Bonchev–Trinajstić information content (AvgIpc) is 2.56. The second kappa shape index (κ2) is 5.66. The first-order valence-electron chi connectivity index (χ1n) is 6.75. The van der Waals surface area contributed by atoms with Crippen LogP contribution >= 0.6 is 0 Å². The van der Waals surface area contributed by atoms with E-state index in [0.717, 1.165) is 34.5 Å². The lowest BCUT2D eigenvalue weighted by molar-refractivity contribution is 1.04. The third kappa shape index (κ3) is 2.45. The molecule has 0 unspecified atom stereocenters. The van der Waals surface area contributed by atoms with Crippen molar-refractivity contribution in [3.05, 3.63) is 72.7 Å². The molecule has 2 nitrogen and oxygen atoms in total. The number of aromatic nitrogens is 2. The number of aryl methyl sites for hydroxylation is 1. The van der Waals surface area contributed by atoms with Crippen molar-refractivity contribution in [2.24, 2.45) is 0 Å². The molecular weight excluding hydrogens is 244 g/mol. The Bertz CT molecular complexity index is 688. The van der Waals surface area contributed by atoms with Crippen LogP contribution < -0.4 is 0 Å². The summed E-state index contributed by atoms with van der Waals surface area (Å²) in [4.78, 5) is 8.95. The van der Waals surface area contributed by atoms with Gasteiger partial charge in [0.1, 0.15) is 0 Å². The monoisotopic (exact) mass is 259 g/mol. The highest BCUT2D eigenvalue weighted by molar-refractivity contribution is 5.80. The molecule has 1 radical (unpaired) electrons. The van der Waals surface area contributed by atoms with Crippen LogP contribution in [0.2, 0.25) is 0 Å². The Balaban J connectivity index is 2.10. The standard InChI is InChI=1S/C18H15N2/c1-2-16-11-10-15(13-20-16)17-9-6-12-19-18(17)14-7-4-3-5-8-14/h3-5,7-13H,2H2,1H3. The van der Waals surface area contributed by atoms with Crippen LogP contribution in [0.3, 0.4) is 0 Å². The first-order chi connectivity index (χ1) is 9.88.